The monoisotopic (exact) mass is 447 g/mol. The van der Waals surface area contributed by atoms with Crippen molar-refractivity contribution in [1.29, 1.82) is 0 Å². The molecule has 0 atom stereocenters. The number of aryl methyl sites for hydroxylation is 2. The van der Waals surface area contributed by atoms with Crippen LogP contribution in [0.1, 0.15) is 22.3 Å². The molecule has 0 fully saturated rings. The number of carbonyl (C=O) groups excluding carboxylic acids is 1. The van der Waals surface area contributed by atoms with E-state index < -0.39 is 0 Å². The summed E-state index contributed by atoms with van der Waals surface area (Å²) < 4.78 is 11.9. The third-order valence-electron chi connectivity index (χ3n) is 5.42. The second kappa shape index (κ2) is 9.36. The molecular weight excluding hydrogens is 422 g/mol. The van der Waals surface area contributed by atoms with Gasteiger partial charge in [-0.1, -0.05) is 35.6 Å². The number of aromatic nitrogens is 2. The highest BCUT2D eigenvalue weighted by atomic mass is 32.1. The predicted octanol–water partition coefficient (Wildman–Crippen LogP) is 5.10. The number of hydrogen-bond donors (Lipinski definition) is 0. The molecular formula is C25H25N3O3S. The zero-order chi connectivity index (χ0) is 22.7. The molecule has 0 unspecified atom stereocenters. The second-order valence-corrected chi connectivity index (χ2v) is 8.56. The summed E-state index contributed by atoms with van der Waals surface area (Å²) in [4.78, 5) is 24.2. The minimum absolute atomic E-state index is 0.0332. The Morgan fingerprint density at radius 3 is 2.47 bits per heavy atom. The molecule has 0 radical (unpaired) electrons. The van der Waals surface area contributed by atoms with Gasteiger partial charge < -0.3 is 9.47 Å². The number of amides is 1. The van der Waals surface area contributed by atoms with Gasteiger partial charge in [0.1, 0.15) is 21.7 Å². The van der Waals surface area contributed by atoms with Crippen LogP contribution >= 0.6 is 11.3 Å². The number of pyridine rings is 1. The van der Waals surface area contributed by atoms with E-state index in [1.54, 1.807) is 31.5 Å². The molecule has 2 aromatic heterocycles. The standard InChI is InChI=1S/C25H25N3O3S/c1-16-7-8-18(12-17(16)2)13-22(29)28(15-19-6-5-11-26-14-19)25-27-23-20(30-3)9-10-21(31-4)24(23)32-25/h5-12,14H,13,15H2,1-4H3. The molecule has 2 aromatic carbocycles. The first-order chi connectivity index (χ1) is 15.5. The summed E-state index contributed by atoms with van der Waals surface area (Å²) in [5.41, 5.74) is 4.97. The van der Waals surface area contributed by atoms with E-state index in [1.807, 2.05) is 30.3 Å². The Balaban J connectivity index is 1.75. The average molecular weight is 448 g/mol. The molecule has 6 nitrogen and oxygen atoms in total. The summed E-state index contributed by atoms with van der Waals surface area (Å²) in [5, 5.41) is 0.598. The molecule has 32 heavy (non-hydrogen) atoms. The fraction of sp³-hybridized carbons (Fsp3) is 0.240. The topological polar surface area (TPSA) is 64.6 Å². The number of fused-ring (bicyclic) bond motifs is 1. The van der Waals surface area contributed by atoms with Gasteiger partial charge in [0, 0.05) is 12.4 Å². The number of rotatable bonds is 7. The summed E-state index contributed by atoms with van der Waals surface area (Å²) in [7, 11) is 3.23. The van der Waals surface area contributed by atoms with Crippen molar-refractivity contribution in [1.82, 2.24) is 9.97 Å². The van der Waals surface area contributed by atoms with E-state index in [0.29, 0.717) is 28.7 Å². The van der Waals surface area contributed by atoms with Crippen molar-refractivity contribution in [2.45, 2.75) is 26.8 Å². The lowest BCUT2D eigenvalue weighted by Gasteiger charge is -2.20. The summed E-state index contributed by atoms with van der Waals surface area (Å²) >= 11 is 1.42. The van der Waals surface area contributed by atoms with Crippen molar-refractivity contribution in [2.75, 3.05) is 19.1 Å². The molecule has 1 amide bonds. The first kappa shape index (κ1) is 21.8. The van der Waals surface area contributed by atoms with Crippen LogP contribution in [-0.2, 0) is 17.8 Å². The number of benzene rings is 2. The Morgan fingerprint density at radius 2 is 1.78 bits per heavy atom. The van der Waals surface area contributed by atoms with Crippen LogP contribution in [0.15, 0.2) is 54.9 Å². The fourth-order valence-electron chi connectivity index (χ4n) is 3.51. The summed E-state index contributed by atoms with van der Waals surface area (Å²) in [5.74, 6) is 1.31. The van der Waals surface area contributed by atoms with Gasteiger partial charge in [0.05, 0.1) is 27.2 Å². The van der Waals surface area contributed by atoms with E-state index in [9.17, 15) is 4.79 Å². The van der Waals surface area contributed by atoms with Gasteiger partial charge in [0.2, 0.25) is 5.91 Å². The lowest BCUT2D eigenvalue weighted by atomic mass is 10.0. The number of ether oxygens (including phenoxy) is 2. The van der Waals surface area contributed by atoms with Crippen molar-refractivity contribution >= 4 is 32.6 Å². The van der Waals surface area contributed by atoms with E-state index >= 15 is 0 Å². The molecule has 0 bridgehead atoms. The predicted molar refractivity (Wildman–Crippen MR) is 128 cm³/mol. The highest BCUT2D eigenvalue weighted by Crippen LogP contribution is 2.40. The maximum atomic E-state index is 13.5. The van der Waals surface area contributed by atoms with Crippen molar-refractivity contribution in [2.24, 2.45) is 0 Å². The van der Waals surface area contributed by atoms with Crippen molar-refractivity contribution in [3.8, 4) is 11.5 Å². The van der Waals surface area contributed by atoms with Crippen LogP contribution in [0.3, 0.4) is 0 Å². The van der Waals surface area contributed by atoms with Gasteiger partial charge in [-0.05, 0) is 54.3 Å². The fourth-order valence-corrected chi connectivity index (χ4v) is 4.60. The lowest BCUT2D eigenvalue weighted by Crippen LogP contribution is -2.31. The number of nitrogens with zero attached hydrogens (tertiary/aromatic N) is 3. The highest BCUT2D eigenvalue weighted by molar-refractivity contribution is 7.22. The summed E-state index contributed by atoms with van der Waals surface area (Å²) in [6, 6.07) is 13.6. The maximum Gasteiger partial charge on any atom is 0.233 e. The summed E-state index contributed by atoms with van der Waals surface area (Å²) in [6.45, 7) is 4.50. The molecule has 0 N–H and O–H groups in total. The van der Waals surface area contributed by atoms with E-state index in [2.05, 4.69) is 31.0 Å². The molecule has 0 aliphatic rings. The molecule has 4 rings (SSSR count). The lowest BCUT2D eigenvalue weighted by molar-refractivity contribution is -0.118. The van der Waals surface area contributed by atoms with Gasteiger partial charge in [-0.3, -0.25) is 14.7 Å². The normalized spacial score (nSPS) is 10.9. The zero-order valence-corrected chi connectivity index (χ0v) is 19.4. The van der Waals surface area contributed by atoms with Crippen LogP contribution in [0.25, 0.3) is 10.2 Å². The van der Waals surface area contributed by atoms with Crippen molar-refractivity contribution in [3.63, 3.8) is 0 Å². The molecule has 4 aromatic rings. The first-order valence-electron chi connectivity index (χ1n) is 10.3. The molecule has 0 saturated carbocycles. The van der Waals surface area contributed by atoms with E-state index in [1.165, 1.54) is 22.5 Å². The quantitative estimate of drug-likeness (QED) is 0.394. The minimum Gasteiger partial charge on any atom is -0.495 e. The molecule has 0 aliphatic heterocycles. The van der Waals surface area contributed by atoms with E-state index in [4.69, 9.17) is 14.5 Å². The van der Waals surface area contributed by atoms with Gasteiger partial charge in [-0.15, -0.1) is 0 Å². The van der Waals surface area contributed by atoms with Gasteiger partial charge >= 0.3 is 0 Å². The third kappa shape index (κ3) is 4.43. The SMILES string of the molecule is COc1ccc(OC)c2sc(N(Cc3cccnc3)C(=O)Cc3ccc(C)c(C)c3)nc12. The average Bonchev–Trinajstić information content (AvgIpc) is 3.25. The molecule has 2 heterocycles. The smallest absolute Gasteiger partial charge is 0.233 e. The minimum atomic E-state index is -0.0332. The Morgan fingerprint density at radius 1 is 1.00 bits per heavy atom. The molecule has 0 spiro atoms. The molecule has 164 valence electrons. The van der Waals surface area contributed by atoms with E-state index in [0.717, 1.165) is 15.8 Å². The zero-order valence-electron chi connectivity index (χ0n) is 18.6. The van der Waals surface area contributed by atoms with Crippen LogP contribution in [0.5, 0.6) is 11.5 Å². The Hall–Kier alpha value is -3.45. The largest absolute Gasteiger partial charge is 0.495 e. The van der Waals surface area contributed by atoms with Crippen LogP contribution < -0.4 is 14.4 Å². The third-order valence-corrected chi connectivity index (χ3v) is 6.51. The van der Waals surface area contributed by atoms with Crippen LogP contribution in [0.2, 0.25) is 0 Å². The van der Waals surface area contributed by atoms with Gasteiger partial charge in [-0.2, -0.15) is 0 Å². The Labute approximate surface area is 191 Å². The Bertz CT molecular complexity index is 1210. The number of carbonyl (C=O) groups is 1. The number of thiazole rings is 1. The maximum absolute atomic E-state index is 13.5. The molecule has 0 saturated heterocycles. The van der Waals surface area contributed by atoms with Crippen LogP contribution in [0.4, 0.5) is 5.13 Å². The second-order valence-electron chi connectivity index (χ2n) is 7.58. The van der Waals surface area contributed by atoms with Crippen molar-refractivity contribution < 1.29 is 14.3 Å². The number of methoxy groups -OCH3 is 2. The number of anilines is 1. The number of hydrogen-bond acceptors (Lipinski definition) is 6. The van der Waals surface area contributed by atoms with Crippen molar-refractivity contribution in [3.05, 3.63) is 77.1 Å². The first-order valence-corrected chi connectivity index (χ1v) is 11.1. The summed E-state index contributed by atoms with van der Waals surface area (Å²) in [6.07, 6.45) is 3.77. The highest BCUT2D eigenvalue weighted by Gasteiger charge is 2.23. The molecule has 7 heteroatoms. The van der Waals surface area contributed by atoms with Gasteiger partial charge in [0.25, 0.3) is 0 Å². The Kier molecular flexibility index (Phi) is 6.37. The van der Waals surface area contributed by atoms with Crippen LogP contribution in [-0.4, -0.2) is 30.1 Å². The van der Waals surface area contributed by atoms with Gasteiger partial charge in [-0.25, -0.2) is 4.98 Å². The van der Waals surface area contributed by atoms with Crippen LogP contribution in [0, 0.1) is 13.8 Å². The van der Waals surface area contributed by atoms with Gasteiger partial charge in [0.15, 0.2) is 5.13 Å². The molecule has 0 aliphatic carbocycles. The van der Waals surface area contributed by atoms with E-state index in [-0.39, 0.29) is 12.3 Å².